The molecule has 0 atom stereocenters. The first-order valence-electron chi connectivity index (χ1n) is 10.7. The monoisotopic (exact) mass is 440 g/mol. The first-order valence-corrected chi connectivity index (χ1v) is 11.5. The zero-order valence-electron chi connectivity index (χ0n) is 18.0. The number of pyridine rings is 1. The van der Waals surface area contributed by atoms with Gasteiger partial charge in [-0.25, -0.2) is 9.97 Å². The molecule has 4 rings (SSSR count). The molecule has 0 saturated carbocycles. The number of imidazole rings is 1. The SMILES string of the molecule is Cc1nc2ccccn2c1C(=O)NCCCCCC(=O)Nc1nc2c(s1)CN(C)CC2. The third-order valence-corrected chi connectivity index (χ3v) is 6.45. The summed E-state index contributed by atoms with van der Waals surface area (Å²) in [7, 11) is 2.10. The molecule has 3 aromatic rings. The Bertz CT molecular complexity index is 1090. The number of aryl methyl sites for hydroxylation is 1. The number of hydrogen-bond donors (Lipinski definition) is 2. The smallest absolute Gasteiger partial charge is 0.270 e. The Morgan fingerprint density at radius 3 is 2.94 bits per heavy atom. The summed E-state index contributed by atoms with van der Waals surface area (Å²) in [4.78, 5) is 37.3. The topological polar surface area (TPSA) is 91.6 Å². The van der Waals surface area contributed by atoms with Crippen LogP contribution >= 0.6 is 11.3 Å². The molecular weight excluding hydrogens is 412 g/mol. The highest BCUT2D eigenvalue weighted by Gasteiger charge is 2.19. The third-order valence-electron chi connectivity index (χ3n) is 5.45. The van der Waals surface area contributed by atoms with E-state index in [0.717, 1.165) is 55.8 Å². The number of anilines is 1. The molecule has 0 radical (unpaired) electrons. The molecule has 1 aliphatic heterocycles. The lowest BCUT2D eigenvalue weighted by atomic mass is 10.2. The number of nitrogens with one attached hydrogen (secondary N) is 2. The van der Waals surface area contributed by atoms with Gasteiger partial charge in [0, 0.05) is 43.5 Å². The van der Waals surface area contributed by atoms with Crippen LogP contribution in [0.15, 0.2) is 24.4 Å². The van der Waals surface area contributed by atoms with E-state index in [0.29, 0.717) is 23.8 Å². The van der Waals surface area contributed by atoms with Crippen LogP contribution in [0.2, 0.25) is 0 Å². The molecule has 4 heterocycles. The standard InChI is InChI=1S/C22H28N6O2S/c1-15-20(28-12-7-5-8-18(28)24-15)21(30)23-11-6-3-4-9-19(29)26-22-25-16-10-13-27(2)14-17(16)31-22/h5,7-8,12H,3-4,6,9-11,13-14H2,1-2H3,(H,23,30)(H,25,26,29). The lowest BCUT2D eigenvalue weighted by Crippen LogP contribution is -2.26. The maximum absolute atomic E-state index is 12.5. The molecule has 9 heteroatoms. The van der Waals surface area contributed by atoms with Gasteiger partial charge in [0.05, 0.1) is 11.4 Å². The van der Waals surface area contributed by atoms with Gasteiger partial charge in [-0.05, 0) is 38.9 Å². The quantitative estimate of drug-likeness (QED) is 0.526. The zero-order valence-corrected chi connectivity index (χ0v) is 18.8. The van der Waals surface area contributed by atoms with Crippen LogP contribution < -0.4 is 10.6 Å². The van der Waals surface area contributed by atoms with Crippen LogP contribution in [0, 0.1) is 6.92 Å². The van der Waals surface area contributed by atoms with Crippen LogP contribution in [-0.2, 0) is 17.8 Å². The fourth-order valence-electron chi connectivity index (χ4n) is 3.82. The summed E-state index contributed by atoms with van der Waals surface area (Å²) >= 11 is 1.58. The molecule has 2 amide bonds. The molecule has 3 aromatic heterocycles. The van der Waals surface area contributed by atoms with E-state index in [1.54, 1.807) is 11.3 Å². The summed E-state index contributed by atoms with van der Waals surface area (Å²) in [5.41, 5.74) is 3.18. The van der Waals surface area contributed by atoms with Crippen molar-refractivity contribution in [3.05, 3.63) is 46.4 Å². The van der Waals surface area contributed by atoms with Crippen molar-refractivity contribution < 1.29 is 9.59 Å². The first kappa shape index (κ1) is 21.5. The highest BCUT2D eigenvalue weighted by Crippen LogP contribution is 2.27. The largest absolute Gasteiger partial charge is 0.351 e. The number of fused-ring (bicyclic) bond motifs is 2. The van der Waals surface area contributed by atoms with Gasteiger partial charge in [0.15, 0.2) is 5.13 Å². The van der Waals surface area contributed by atoms with Crippen LogP contribution in [0.25, 0.3) is 5.65 Å². The number of aromatic nitrogens is 3. The van der Waals surface area contributed by atoms with E-state index in [2.05, 4.69) is 32.5 Å². The summed E-state index contributed by atoms with van der Waals surface area (Å²) < 4.78 is 1.81. The molecule has 2 N–H and O–H groups in total. The Morgan fingerprint density at radius 2 is 2.06 bits per heavy atom. The number of likely N-dealkylation sites (N-methyl/N-ethyl adjacent to an activating group) is 1. The van der Waals surface area contributed by atoms with Crippen molar-refractivity contribution >= 4 is 33.9 Å². The molecule has 1 aliphatic rings. The van der Waals surface area contributed by atoms with E-state index in [1.165, 1.54) is 4.88 Å². The van der Waals surface area contributed by atoms with Crippen molar-refractivity contribution in [2.75, 3.05) is 25.5 Å². The van der Waals surface area contributed by atoms with Crippen LogP contribution in [-0.4, -0.2) is 51.2 Å². The zero-order chi connectivity index (χ0) is 21.8. The minimum Gasteiger partial charge on any atom is -0.351 e. The lowest BCUT2D eigenvalue weighted by Gasteiger charge is -2.20. The van der Waals surface area contributed by atoms with Gasteiger partial charge >= 0.3 is 0 Å². The average molecular weight is 441 g/mol. The Hall–Kier alpha value is -2.78. The van der Waals surface area contributed by atoms with Crippen molar-refractivity contribution in [1.82, 2.24) is 24.6 Å². The van der Waals surface area contributed by atoms with Gasteiger partial charge in [-0.1, -0.05) is 12.5 Å². The lowest BCUT2D eigenvalue weighted by molar-refractivity contribution is -0.116. The number of hydrogen-bond acceptors (Lipinski definition) is 6. The van der Waals surface area contributed by atoms with E-state index >= 15 is 0 Å². The van der Waals surface area contributed by atoms with Crippen LogP contribution in [0.5, 0.6) is 0 Å². The summed E-state index contributed by atoms with van der Waals surface area (Å²) in [6, 6.07) is 5.67. The van der Waals surface area contributed by atoms with Gasteiger partial charge in [0.2, 0.25) is 5.91 Å². The third kappa shape index (κ3) is 5.11. The number of nitrogens with zero attached hydrogens (tertiary/aromatic N) is 4. The van der Waals surface area contributed by atoms with Gasteiger partial charge < -0.3 is 15.5 Å². The molecule has 0 spiro atoms. The number of unbranched alkanes of at least 4 members (excludes halogenated alkanes) is 2. The second-order valence-electron chi connectivity index (χ2n) is 7.97. The summed E-state index contributed by atoms with van der Waals surface area (Å²) in [6.45, 7) is 4.34. The van der Waals surface area contributed by atoms with Gasteiger partial charge in [-0.2, -0.15) is 0 Å². The Labute approximate surface area is 185 Å². The minimum atomic E-state index is -0.118. The van der Waals surface area contributed by atoms with Crippen molar-refractivity contribution in [3.63, 3.8) is 0 Å². The maximum atomic E-state index is 12.5. The average Bonchev–Trinajstić information content (AvgIpc) is 3.28. The first-order chi connectivity index (χ1) is 15.0. The Kier molecular flexibility index (Phi) is 6.62. The highest BCUT2D eigenvalue weighted by molar-refractivity contribution is 7.15. The van der Waals surface area contributed by atoms with Crippen molar-refractivity contribution in [3.8, 4) is 0 Å². The maximum Gasteiger partial charge on any atom is 0.270 e. The number of rotatable bonds is 8. The number of thiazole rings is 1. The van der Waals surface area contributed by atoms with Crippen LogP contribution in [0.3, 0.4) is 0 Å². The highest BCUT2D eigenvalue weighted by atomic mass is 32.1. The molecule has 0 saturated heterocycles. The fourth-order valence-corrected chi connectivity index (χ4v) is 4.92. The molecule has 0 aliphatic carbocycles. The van der Waals surface area contributed by atoms with Gasteiger partial charge in [-0.15, -0.1) is 11.3 Å². The minimum absolute atomic E-state index is 0.00448. The van der Waals surface area contributed by atoms with E-state index in [1.807, 2.05) is 35.7 Å². The van der Waals surface area contributed by atoms with Crippen molar-refractivity contribution in [2.45, 2.75) is 45.6 Å². The van der Waals surface area contributed by atoms with Gasteiger partial charge in [-0.3, -0.25) is 14.0 Å². The van der Waals surface area contributed by atoms with E-state index in [4.69, 9.17) is 0 Å². The molecule has 31 heavy (non-hydrogen) atoms. The fraction of sp³-hybridized carbons (Fsp3) is 0.455. The van der Waals surface area contributed by atoms with Gasteiger partial charge in [0.1, 0.15) is 11.3 Å². The Balaban J connectivity index is 1.16. The summed E-state index contributed by atoms with van der Waals surface area (Å²) in [6.07, 6.45) is 5.73. The normalized spacial score (nSPS) is 13.9. The molecular formula is C22H28N6O2S. The summed E-state index contributed by atoms with van der Waals surface area (Å²) in [5, 5.41) is 6.61. The van der Waals surface area contributed by atoms with E-state index < -0.39 is 0 Å². The number of carbonyl (C=O) groups excluding carboxylic acids is 2. The van der Waals surface area contributed by atoms with Crippen molar-refractivity contribution in [2.24, 2.45) is 0 Å². The molecule has 0 aromatic carbocycles. The number of amides is 2. The summed E-state index contributed by atoms with van der Waals surface area (Å²) in [5.74, 6) is -0.114. The molecule has 0 unspecified atom stereocenters. The molecule has 8 nitrogen and oxygen atoms in total. The van der Waals surface area contributed by atoms with Crippen LogP contribution in [0.1, 0.15) is 52.4 Å². The molecule has 0 fully saturated rings. The second kappa shape index (κ2) is 9.57. The number of carbonyl (C=O) groups is 2. The van der Waals surface area contributed by atoms with Gasteiger partial charge in [0.25, 0.3) is 5.91 Å². The van der Waals surface area contributed by atoms with Crippen LogP contribution in [0.4, 0.5) is 5.13 Å². The van der Waals surface area contributed by atoms with E-state index in [9.17, 15) is 9.59 Å². The predicted octanol–water partition coefficient (Wildman–Crippen LogP) is 3.02. The second-order valence-corrected chi connectivity index (χ2v) is 9.05. The van der Waals surface area contributed by atoms with Crippen molar-refractivity contribution in [1.29, 1.82) is 0 Å². The van der Waals surface area contributed by atoms with E-state index in [-0.39, 0.29) is 11.8 Å². The Morgan fingerprint density at radius 1 is 1.19 bits per heavy atom. The molecule has 164 valence electrons. The predicted molar refractivity (Wildman–Crippen MR) is 122 cm³/mol. The molecule has 0 bridgehead atoms.